The van der Waals surface area contributed by atoms with Gasteiger partial charge in [0.05, 0.1) is 16.7 Å². The predicted octanol–water partition coefficient (Wildman–Crippen LogP) is 5.17. The maximum atomic E-state index is 12.4. The van der Waals surface area contributed by atoms with Crippen LogP contribution >= 0.6 is 22.9 Å². The molecule has 3 rings (SSSR count). The molecule has 134 valence electrons. The van der Waals surface area contributed by atoms with Crippen LogP contribution in [0.15, 0.2) is 53.9 Å². The molecule has 1 atom stereocenters. The Bertz CT molecular complexity index is 876. The van der Waals surface area contributed by atoms with Gasteiger partial charge in [0.25, 0.3) is 5.91 Å². The van der Waals surface area contributed by atoms with Crippen molar-refractivity contribution in [1.82, 2.24) is 10.3 Å². The van der Waals surface area contributed by atoms with Crippen LogP contribution in [0.5, 0.6) is 5.75 Å². The number of amides is 1. The summed E-state index contributed by atoms with van der Waals surface area (Å²) in [6.07, 6.45) is 0. The van der Waals surface area contributed by atoms with Crippen LogP contribution in [0.4, 0.5) is 0 Å². The highest BCUT2D eigenvalue weighted by molar-refractivity contribution is 7.09. The van der Waals surface area contributed by atoms with E-state index in [0.717, 1.165) is 16.3 Å². The van der Waals surface area contributed by atoms with E-state index < -0.39 is 0 Å². The molecule has 26 heavy (non-hydrogen) atoms. The first-order valence-corrected chi connectivity index (χ1v) is 9.47. The van der Waals surface area contributed by atoms with E-state index in [9.17, 15) is 4.79 Å². The molecule has 1 N–H and O–H groups in total. The number of nitrogens with one attached hydrogen (secondary N) is 1. The fourth-order valence-electron chi connectivity index (χ4n) is 2.45. The van der Waals surface area contributed by atoms with E-state index in [1.54, 1.807) is 35.6 Å². The Hall–Kier alpha value is -2.37. The summed E-state index contributed by atoms with van der Waals surface area (Å²) < 4.78 is 5.70. The van der Waals surface area contributed by atoms with Gasteiger partial charge in [-0.1, -0.05) is 23.7 Å². The number of carbonyl (C=O) groups is 1. The average Bonchev–Trinajstić information content (AvgIpc) is 3.06. The number of hydrogen-bond donors (Lipinski definition) is 1. The number of rotatable bonds is 6. The molecule has 4 nitrogen and oxygen atoms in total. The minimum absolute atomic E-state index is 0.108. The Balaban J connectivity index is 1.57. The van der Waals surface area contributed by atoms with E-state index in [-0.39, 0.29) is 11.9 Å². The molecule has 6 heteroatoms. The minimum Gasteiger partial charge on any atom is -0.487 e. The molecule has 1 aromatic heterocycles. The van der Waals surface area contributed by atoms with Crippen molar-refractivity contribution < 1.29 is 9.53 Å². The van der Waals surface area contributed by atoms with Gasteiger partial charge in [0.2, 0.25) is 0 Å². The number of ether oxygens (including phenoxy) is 1. The number of carbonyl (C=O) groups excluding carboxylic acids is 1. The first kappa shape index (κ1) is 18.4. The molecule has 0 radical (unpaired) electrons. The molecule has 0 aliphatic carbocycles. The van der Waals surface area contributed by atoms with Crippen LogP contribution in [0.3, 0.4) is 0 Å². The Kier molecular flexibility index (Phi) is 5.91. The highest BCUT2D eigenvalue weighted by atomic mass is 35.5. The second-order valence-electron chi connectivity index (χ2n) is 5.92. The van der Waals surface area contributed by atoms with Gasteiger partial charge in [-0.3, -0.25) is 4.79 Å². The lowest BCUT2D eigenvalue weighted by atomic mass is 10.1. The number of halogens is 1. The quantitative estimate of drug-likeness (QED) is 0.635. The second kappa shape index (κ2) is 8.34. The van der Waals surface area contributed by atoms with Crippen LogP contribution in [0.25, 0.3) is 0 Å². The molecule has 0 aliphatic heterocycles. The molecule has 0 unspecified atom stereocenters. The van der Waals surface area contributed by atoms with Crippen molar-refractivity contribution in [3.8, 4) is 5.75 Å². The SMILES string of the molecule is Cc1nc(COc2ccc(C(=O)N[C@H](C)c3ccc(Cl)cc3)cc2)cs1. The molecule has 3 aromatic rings. The fraction of sp³-hybridized carbons (Fsp3) is 0.200. The standard InChI is InChI=1S/C20H19ClN2O2S/c1-13(15-3-7-17(21)8-4-15)22-20(24)16-5-9-19(10-6-16)25-11-18-12-26-14(2)23-18/h3-10,12-13H,11H2,1-2H3,(H,22,24)/t13-/m1/s1. The third-order valence-electron chi connectivity index (χ3n) is 3.89. The zero-order valence-electron chi connectivity index (χ0n) is 14.5. The summed E-state index contributed by atoms with van der Waals surface area (Å²) in [6, 6.07) is 14.4. The van der Waals surface area contributed by atoms with Crippen molar-refractivity contribution in [2.24, 2.45) is 0 Å². The molecule has 1 amide bonds. The summed E-state index contributed by atoms with van der Waals surface area (Å²) in [4.78, 5) is 16.8. The molecule has 0 spiro atoms. The summed E-state index contributed by atoms with van der Waals surface area (Å²) in [6.45, 7) is 4.32. The Labute approximate surface area is 161 Å². The Morgan fingerprint density at radius 1 is 1.19 bits per heavy atom. The first-order chi connectivity index (χ1) is 12.5. The van der Waals surface area contributed by atoms with Crippen LogP contribution in [-0.4, -0.2) is 10.9 Å². The number of nitrogens with zero attached hydrogens (tertiary/aromatic N) is 1. The van der Waals surface area contributed by atoms with Gasteiger partial charge in [-0.25, -0.2) is 4.98 Å². The normalized spacial score (nSPS) is 11.8. The molecular weight excluding hydrogens is 368 g/mol. The van der Waals surface area contributed by atoms with E-state index >= 15 is 0 Å². The predicted molar refractivity (Wildman–Crippen MR) is 105 cm³/mol. The van der Waals surface area contributed by atoms with Crippen LogP contribution in [0.2, 0.25) is 5.02 Å². The van der Waals surface area contributed by atoms with Crippen LogP contribution < -0.4 is 10.1 Å². The van der Waals surface area contributed by atoms with Gasteiger partial charge in [0, 0.05) is 16.0 Å². The lowest BCUT2D eigenvalue weighted by Gasteiger charge is -2.14. The maximum Gasteiger partial charge on any atom is 0.251 e. The maximum absolute atomic E-state index is 12.4. The van der Waals surface area contributed by atoms with Crippen molar-refractivity contribution in [1.29, 1.82) is 0 Å². The molecule has 0 saturated carbocycles. The molecule has 1 heterocycles. The summed E-state index contributed by atoms with van der Waals surface area (Å²) in [7, 11) is 0. The average molecular weight is 387 g/mol. The van der Waals surface area contributed by atoms with Gasteiger partial charge in [-0.15, -0.1) is 11.3 Å². The van der Waals surface area contributed by atoms with Gasteiger partial charge in [-0.05, 0) is 55.8 Å². The third kappa shape index (κ3) is 4.84. The largest absolute Gasteiger partial charge is 0.487 e. The van der Waals surface area contributed by atoms with Gasteiger partial charge in [0.15, 0.2) is 0 Å². The van der Waals surface area contributed by atoms with Crippen molar-refractivity contribution >= 4 is 28.8 Å². The summed E-state index contributed by atoms with van der Waals surface area (Å²) in [5, 5.41) is 6.66. The van der Waals surface area contributed by atoms with Crippen LogP contribution in [-0.2, 0) is 6.61 Å². The Morgan fingerprint density at radius 2 is 1.88 bits per heavy atom. The van der Waals surface area contributed by atoms with E-state index in [2.05, 4.69) is 10.3 Å². The highest BCUT2D eigenvalue weighted by Gasteiger charge is 2.11. The molecule has 2 aromatic carbocycles. The highest BCUT2D eigenvalue weighted by Crippen LogP contribution is 2.18. The first-order valence-electron chi connectivity index (χ1n) is 8.21. The number of benzene rings is 2. The summed E-state index contributed by atoms with van der Waals surface area (Å²) in [5.74, 6) is 0.576. The molecule has 0 fully saturated rings. The molecular formula is C20H19ClN2O2S. The van der Waals surface area contributed by atoms with Crippen molar-refractivity contribution in [3.63, 3.8) is 0 Å². The van der Waals surface area contributed by atoms with Crippen LogP contribution in [0.1, 0.15) is 39.6 Å². The van der Waals surface area contributed by atoms with Gasteiger partial charge < -0.3 is 10.1 Å². The number of thiazole rings is 1. The summed E-state index contributed by atoms with van der Waals surface area (Å²) >= 11 is 7.50. The number of hydrogen-bond acceptors (Lipinski definition) is 4. The lowest BCUT2D eigenvalue weighted by molar-refractivity contribution is 0.0940. The van der Waals surface area contributed by atoms with E-state index in [1.165, 1.54) is 0 Å². The lowest BCUT2D eigenvalue weighted by Crippen LogP contribution is -2.26. The van der Waals surface area contributed by atoms with E-state index in [4.69, 9.17) is 16.3 Å². The van der Waals surface area contributed by atoms with Crippen molar-refractivity contribution in [2.75, 3.05) is 0 Å². The molecule has 0 aliphatic rings. The fourth-order valence-corrected chi connectivity index (χ4v) is 3.17. The molecule has 0 bridgehead atoms. The van der Waals surface area contributed by atoms with Gasteiger partial charge in [0.1, 0.15) is 12.4 Å². The second-order valence-corrected chi connectivity index (χ2v) is 7.42. The smallest absolute Gasteiger partial charge is 0.251 e. The Morgan fingerprint density at radius 3 is 2.50 bits per heavy atom. The van der Waals surface area contributed by atoms with Crippen molar-refractivity contribution in [3.05, 3.63) is 80.8 Å². The van der Waals surface area contributed by atoms with Gasteiger partial charge in [-0.2, -0.15) is 0 Å². The van der Waals surface area contributed by atoms with E-state index in [0.29, 0.717) is 22.9 Å². The van der Waals surface area contributed by atoms with Gasteiger partial charge >= 0.3 is 0 Å². The summed E-state index contributed by atoms with van der Waals surface area (Å²) in [5.41, 5.74) is 2.50. The zero-order chi connectivity index (χ0) is 18.5. The number of aryl methyl sites for hydroxylation is 1. The zero-order valence-corrected chi connectivity index (χ0v) is 16.1. The minimum atomic E-state index is -0.130. The monoisotopic (exact) mass is 386 g/mol. The van der Waals surface area contributed by atoms with E-state index in [1.807, 2.05) is 43.5 Å². The van der Waals surface area contributed by atoms with Crippen LogP contribution in [0, 0.1) is 6.92 Å². The topological polar surface area (TPSA) is 51.2 Å². The third-order valence-corrected chi connectivity index (χ3v) is 4.96. The molecule has 0 saturated heterocycles. The number of aromatic nitrogens is 1. The van der Waals surface area contributed by atoms with Crippen molar-refractivity contribution in [2.45, 2.75) is 26.5 Å².